The standard InChI is InChI=1S/C57H100N5O15P/c1-3-5-7-9-11-13-15-17-19-21-23-25-27-32-55(68)74-46-50(77-56(69)33-28-26-24-22-20-18-16-14-12-10-8-6-4-2)47-76-78(72,73)75-41-36-58-52(63)35-34-51(57(70)71)62-39-37-60(44-53(64)65)42-48-30-29-31-49(59-48)43-61(38-40-62)45-54(66)67/h29-31,50-51H,3-28,32-47H2,1-2H3,(H,58,63)(H,64,65)(H,66,67)(H,70,71)(H,72,73)/t50-,51?/m1/s1. The molecule has 20 nitrogen and oxygen atoms in total. The molecule has 5 N–H and O–H groups in total. The third-order valence-corrected chi connectivity index (χ3v) is 14.9. The van der Waals surface area contributed by atoms with E-state index in [-0.39, 0.29) is 91.2 Å². The number of hydrogen-bond donors (Lipinski definition) is 5. The lowest BCUT2D eigenvalue weighted by Crippen LogP contribution is -2.49. The maximum Gasteiger partial charge on any atom is 0.472 e. The number of pyridine rings is 1. The van der Waals surface area contributed by atoms with Crippen molar-refractivity contribution in [1.82, 2.24) is 25.0 Å². The van der Waals surface area contributed by atoms with Gasteiger partial charge in [0.1, 0.15) is 12.6 Å². The highest BCUT2D eigenvalue weighted by Crippen LogP contribution is 2.43. The molecule has 0 spiro atoms. The zero-order chi connectivity index (χ0) is 57.1. The highest BCUT2D eigenvalue weighted by atomic mass is 31.2. The van der Waals surface area contributed by atoms with E-state index in [9.17, 15) is 53.5 Å². The van der Waals surface area contributed by atoms with Crippen LogP contribution >= 0.6 is 7.82 Å². The molecule has 0 saturated heterocycles. The van der Waals surface area contributed by atoms with Gasteiger partial charge in [0, 0.05) is 65.1 Å². The van der Waals surface area contributed by atoms with E-state index >= 15 is 0 Å². The molecular formula is C57H100N5O15P. The van der Waals surface area contributed by atoms with Crippen molar-refractivity contribution in [3.05, 3.63) is 29.6 Å². The van der Waals surface area contributed by atoms with Gasteiger partial charge in [0.15, 0.2) is 6.10 Å². The van der Waals surface area contributed by atoms with Gasteiger partial charge >= 0.3 is 37.7 Å². The maximum absolute atomic E-state index is 13.0. The molecule has 2 unspecified atom stereocenters. The van der Waals surface area contributed by atoms with Gasteiger partial charge in [0.25, 0.3) is 0 Å². The summed E-state index contributed by atoms with van der Waals surface area (Å²) in [7, 11) is -4.77. The molecule has 1 aliphatic heterocycles. The number of phosphoric acid groups is 1. The molecular weight excluding hydrogens is 1030 g/mol. The van der Waals surface area contributed by atoms with Gasteiger partial charge in [-0.2, -0.15) is 0 Å². The van der Waals surface area contributed by atoms with Crippen molar-refractivity contribution < 1.29 is 72.1 Å². The number of carbonyl (C=O) groups excluding carboxylic acids is 3. The first-order chi connectivity index (χ1) is 37.6. The quantitative estimate of drug-likeness (QED) is 0.0231. The molecule has 0 aromatic carbocycles. The molecule has 78 heavy (non-hydrogen) atoms. The molecule has 2 heterocycles. The summed E-state index contributed by atoms with van der Waals surface area (Å²) in [6, 6.07) is 4.03. The smallest absolute Gasteiger partial charge is 0.472 e. The van der Waals surface area contributed by atoms with E-state index in [0.717, 1.165) is 38.5 Å². The molecule has 21 heteroatoms. The Kier molecular flexibility index (Phi) is 40.1. The average molecular weight is 1130 g/mol. The Balaban J connectivity index is 1.88. The van der Waals surface area contributed by atoms with Crippen molar-refractivity contribution in [1.29, 1.82) is 0 Å². The molecule has 448 valence electrons. The van der Waals surface area contributed by atoms with Gasteiger partial charge in [-0.25, -0.2) is 4.57 Å². The Labute approximate surface area is 466 Å². The minimum Gasteiger partial charge on any atom is -0.480 e. The maximum atomic E-state index is 13.0. The fourth-order valence-electron chi connectivity index (χ4n) is 9.52. The lowest BCUT2D eigenvalue weighted by molar-refractivity contribution is -0.161. The molecule has 1 amide bonds. The summed E-state index contributed by atoms with van der Waals surface area (Å²) < 4.78 is 34.3. The van der Waals surface area contributed by atoms with Gasteiger partial charge in [-0.05, 0) is 31.4 Å². The zero-order valence-electron chi connectivity index (χ0n) is 47.6. The minimum atomic E-state index is -4.77. The number of carbonyl (C=O) groups is 6. The number of carboxylic acid groups (broad SMARTS) is 3. The Morgan fingerprint density at radius 1 is 0.590 bits per heavy atom. The molecule has 1 aliphatic rings. The van der Waals surface area contributed by atoms with Crippen molar-refractivity contribution in [2.75, 3.05) is 65.6 Å². The summed E-state index contributed by atoms with van der Waals surface area (Å²) in [5.74, 6) is -4.98. The molecule has 2 bridgehead atoms. The number of hydrogen-bond acceptors (Lipinski definition) is 15. The highest BCUT2D eigenvalue weighted by Gasteiger charge is 2.30. The van der Waals surface area contributed by atoms with Crippen molar-refractivity contribution in [3.63, 3.8) is 0 Å². The van der Waals surface area contributed by atoms with Crippen molar-refractivity contribution >= 4 is 43.6 Å². The van der Waals surface area contributed by atoms with E-state index in [1.165, 1.54) is 116 Å². The Hall–Kier alpha value is -4.04. The van der Waals surface area contributed by atoms with E-state index in [1.807, 2.05) is 0 Å². The van der Waals surface area contributed by atoms with Crippen LogP contribution in [0.2, 0.25) is 0 Å². The Morgan fingerprint density at radius 2 is 1.03 bits per heavy atom. The van der Waals surface area contributed by atoms with E-state index in [0.29, 0.717) is 24.2 Å². The largest absolute Gasteiger partial charge is 0.480 e. The summed E-state index contributed by atoms with van der Waals surface area (Å²) >= 11 is 0. The normalized spacial score (nSPS) is 15.3. The van der Waals surface area contributed by atoms with Crippen LogP contribution in [0.1, 0.15) is 218 Å². The second kappa shape index (κ2) is 44.7. The number of ether oxygens (including phenoxy) is 2. The third kappa shape index (κ3) is 37.8. The summed E-state index contributed by atoms with van der Waals surface area (Å²) in [5.41, 5.74) is 1.15. The van der Waals surface area contributed by atoms with Gasteiger partial charge < -0.3 is 35.0 Å². The van der Waals surface area contributed by atoms with Crippen LogP contribution in [0.25, 0.3) is 0 Å². The van der Waals surface area contributed by atoms with Crippen LogP contribution in [-0.2, 0) is 64.9 Å². The van der Waals surface area contributed by atoms with Crippen LogP contribution < -0.4 is 5.32 Å². The molecule has 0 fully saturated rings. The first-order valence-corrected chi connectivity index (χ1v) is 31.1. The van der Waals surface area contributed by atoms with Crippen molar-refractivity contribution in [2.24, 2.45) is 0 Å². The fourth-order valence-corrected chi connectivity index (χ4v) is 10.3. The highest BCUT2D eigenvalue weighted by molar-refractivity contribution is 7.47. The third-order valence-electron chi connectivity index (χ3n) is 13.9. The molecule has 2 rings (SSSR count). The number of carboxylic acids is 3. The van der Waals surface area contributed by atoms with Crippen molar-refractivity contribution in [3.8, 4) is 0 Å². The number of phosphoric ester groups is 1. The van der Waals surface area contributed by atoms with Gasteiger partial charge in [-0.3, -0.25) is 57.5 Å². The summed E-state index contributed by atoms with van der Waals surface area (Å²) in [6.45, 7) is 2.87. The van der Waals surface area contributed by atoms with E-state index in [1.54, 1.807) is 32.9 Å². The monoisotopic (exact) mass is 1130 g/mol. The molecule has 0 aliphatic carbocycles. The van der Waals surface area contributed by atoms with Crippen LogP contribution in [0.15, 0.2) is 18.2 Å². The first-order valence-electron chi connectivity index (χ1n) is 29.6. The molecule has 0 radical (unpaired) electrons. The second-order valence-corrected chi connectivity index (χ2v) is 22.4. The van der Waals surface area contributed by atoms with Crippen molar-refractivity contribution in [2.45, 2.75) is 232 Å². The van der Waals surface area contributed by atoms with Gasteiger partial charge in [-0.1, -0.05) is 174 Å². The zero-order valence-corrected chi connectivity index (χ0v) is 48.5. The summed E-state index contributed by atoms with van der Waals surface area (Å²) in [5, 5.41) is 32.1. The molecule has 1 aromatic heterocycles. The van der Waals surface area contributed by atoms with E-state index in [2.05, 4.69) is 24.1 Å². The fraction of sp³-hybridized carbons (Fsp3) is 0.807. The van der Waals surface area contributed by atoms with Crippen LogP contribution in [0.3, 0.4) is 0 Å². The number of nitrogens with zero attached hydrogens (tertiary/aromatic N) is 4. The molecule has 3 atom stereocenters. The number of fused-ring (bicyclic) bond motifs is 2. The average Bonchev–Trinajstić information content (AvgIpc) is 3.38. The van der Waals surface area contributed by atoms with Gasteiger partial charge in [-0.15, -0.1) is 0 Å². The number of aliphatic carboxylic acids is 3. The number of aromatic nitrogens is 1. The lowest BCUT2D eigenvalue weighted by atomic mass is 10.0. The second-order valence-electron chi connectivity index (χ2n) is 21.0. The van der Waals surface area contributed by atoms with Crippen LogP contribution in [-0.4, -0.2) is 153 Å². The number of nitrogens with one attached hydrogen (secondary N) is 1. The van der Waals surface area contributed by atoms with E-state index in [4.69, 9.17) is 18.5 Å². The number of unbranched alkanes of at least 4 members (excludes halogenated alkanes) is 24. The van der Waals surface area contributed by atoms with E-state index < -0.39 is 68.9 Å². The predicted octanol–water partition coefficient (Wildman–Crippen LogP) is 10.1. The minimum absolute atomic E-state index is 0.0908. The van der Waals surface area contributed by atoms with Crippen LogP contribution in [0.4, 0.5) is 0 Å². The van der Waals surface area contributed by atoms with Crippen LogP contribution in [0, 0.1) is 0 Å². The van der Waals surface area contributed by atoms with Crippen LogP contribution in [0.5, 0.6) is 0 Å². The number of rotatable bonds is 47. The lowest BCUT2D eigenvalue weighted by Gasteiger charge is -2.33. The number of esters is 2. The summed E-state index contributed by atoms with van der Waals surface area (Å²) in [4.78, 5) is 94.8. The molecule has 0 saturated carbocycles. The number of amides is 1. The summed E-state index contributed by atoms with van der Waals surface area (Å²) in [6.07, 6.45) is 28.9. The first kappa shape index (κ1) is 70.1. The van der Waals surface area contributed by atoms with Gasteiger partial charge in [0.05, 0.1) is 37.7 Å². The topological polar surface area (TPSA) is 272 Å². The Bertz CT molecular complexity index is 1820. The molecule has 1 aromatic rings. The van der Waals surface area contributed by atoms with Gasteiger partial charge in [0.2, 0.25) is 5.91 Å². The SMILES string of the molecule is CCCCCCCCCCCCCCCC(=O)OC[C@H](COP(=O)(O)OCCNC(=O)CCC(C(=O)O)N1CCN(CC(=O)O)Cc2cccc(n2)CN(CC(=O)O)CC1)OC(=O)CCCCCCCCCCCCCCC. The Morgan fingerprint density at radius 3 is 1.46 bits per heavy atom. The predicted molar refractivity (Wildman–Crippen MR) is 298 cm³/mol.